The minimum absolute atomic E-state index is 0.0715. The maximum Gasteiger partial charge on any atom is 0.360 e. The normalized spacial score (nSPS) is 11.7. The van der Waals surface area contributed by atoms with Gasteiger partial charge < -0.3 is 19.4 Å². The van der Waals surface area contributed by atoms with Gasteiger partial charge in [-0.05, 0) is 26.4 Å². The second-order valence-corrected chi connectivity index (χ2v) is 5.51. The Hall–Kier alpha value is -1.56. The summed E-state index contributed by atoms with van der Waals surface area (Å²) in [6.45, 7) is 8.01. The van der Waals surface area contributed by atoms with Gasteiger partial charge in [0, 0.05) is 13.1 Å². The fraction of sp³-hybridized carbons (Fsp3) is 0.692. The lowest BCUT2D eigenvalue weighted by Gasteiger charge is -2.27. The van der Waals surface area contributed by atoms with E-state index < -0.39 is 5.97 Å². The van der Waals surface area contributed by atoms with Gasteiger partial charge in [-0.25, -0.2) is 4.79 Å². The molecule has 0 fully saturated rings. The van der Waals surface area contributed by atoms with Crippen molar-refractivity contribution in [3.8, 4) is 0 Å². The molecular weight excluding hydrogens is 246 g/mol. The van der Waals surface area contributed by atoms with E-state index in [0.29, 0.717) is 19.2 Å². The molecule has 6 nitrogen and oxygen atoms in total. The zero-order chi connectivity index (χ0) is 14.5. The SMILES string of the molecule is CCOC(=O)c1coc(NCC(C)(C)CN(C)C)n1. The summed E-state index contributed by atoms with van der Waals surface area (Å²) in [5.41, 5.74) is 0.261. The Morgan fingerprint density at radius 2 is 2.21 bits per heavy atom. The van der Waals surface area contributed by atoms with E-state index in [-0.39, 0.29) is 11.1 Å². The highest BCUT2D eigenvalue weighted by atomic mass is 16.5. The zero-order valence-corrected chi connectivity index (χ0v) is 12.3. The van der Waals surface area contributed by atoms with Gasteiger partial charge in [-0.15, -0.1) is 0 Å². The molecule has 6 heteroatoms. The van der Waals surface area contributed by atoms with Gasteiger partial charge in [0.2, 0.25) is 0 Å². The number of hydrogen-bond donors (Lipinski definition) is 1. The van der Waals surface area contributed by atoms with E-state index >= 15 is 0 Å². The van der Waals surface area contributed by atoms with E-state index in [4.69, 9.17) is 9.15 Å². The molecule has 0 aromatic carbocycles. The largest absolute Gasteiger partial charge is 0.461 e. The third kappa shape index (κ3) is 5.30. The topological polar surface area (TPSA) is 67.6 Å². The van der Waals surface area contributed by atoms with Crippen molar-refractivity contribution < 1.29 is 13.9 Å². The van der Waals surface area contributed by atoms with Gasteiger partial charge in [-0.1, -0.05) is 13.8 Å². The molecule has 1 aromatic rings. The molecule has 0 saturated heterocycles. The van der Waals surface area contributed by atoms with Crippen molar-refractivity contribution in [1.29, 1.82) is 0 Å². The molecule has 0 aliphatic heterocycles. The highest BCUT2D eigenvalue weighted by Crippen LogP contribution is 2.17. The second kappa shape index (κ2) is 6.56. The van der Waals surface area contributed by atoms with Crippen LogP contribution < -0.4 is 5.32 Å². The molecule has 0 amide bonds. The van der Waals surface area contributed by atoms with Crippen LogP contribution in [-0.2, 0) is 4.74 Å². The maximum atomic E-state index is 11.4. The van der Waals surface area contributed by atoms with Crippen molar-refractivity contribution in [3.63, 3.8) is 0 Å². The quantitative estimate of drug-likeness (QED) is 0.762. The summed E-state index contributed by atoms with van der Waals surface area (Å²) in [6, 6.07) is 0.342. The Kier molecular flexibility index (Phi) is 5.35. The molecule has 0 saturated carbocycles. The van der Waals surface area contributed by atoms with Crippen molar-refractivity contribution >= 4 is 12.0 Å². The highest BCUT2D eigenvalue weighted by Gasteiger charge is 2.20. The van der Waals surface area contributed by atoms with Crippen LogP contribution in [0, 0.1) is 5.41 Å². The first-order valence-corrected chi connectivity index (χ1v) is 6.35. The molecule has 108 valence electrons. The summed E-state index contributed by atoms with van der Waals surface area (Å²) in [7, 11) is 4.07. The second-order valence-electron chi connectivity index (χ2n) is 5.51. The number of aromatic nitrogens is 1. The van der Waals surface area contributed by atoms with Gasteiger partial charge in [0.1, 0.15) is 6.26 Å². The van der Waals surface area contributed by atoms with Crippen molar-refractivity contribution in [2.75, 3.05) is 39.1 Å². The third-order valence-electron chi connectivity index (χ3n) is 2.45. The standard InChI is InChI=1S/C13H23N3O3/c1-6-18-11(17)10-7-19-12(15-10)14-8-13(2,3)9-16(4)5/h7H,6,8-9H2,1-5H3,(H,14,15). The van der Waals surface area contributed by atoms with Gasteiger partial charge in [-0.2, -0.15) is 4.98 Å². The Bertz CT molecular complexity index is 413. The van der Waals surface area contributed by atoms with Crippen LogP contribution in [0.15, 0.2) is 10.7 Å². The molecule has 0 radical (unpaired) electrons. The van der Waals surface area contributed by atoms with E-state index in [2.05, 4.69) is 29.0 Å². The summed E-state index contributed by atoms with van der Waals surface area (Å²) in [5.74, 6) is -0.466. The van der Waals surface area contributed by atoms with Crippen molar-refractivity contribution in [1.82, 2.24) is 9.88 Å². The summed E-state index contributed by atoms with van der Waals surface area (Å²) in [5, 5.41) is 3.10. The molecule has 0 bridgehead atoms. The molecular formula is C13H23N3O3. The Labute approximate surface area is 114 Å². The van der Waals surface area contributed by atoms with Crippen LogP contribution in [0.5, 0.6) is 0 Å². The van der Waals surface area contributed by atoms with E-state index in [9.17, 15) is 4.79 Å². The maximum absolute atomic E-state index is 11.4. The summed E-state index contributed by atoms with van der Waals surface area (Å²) in [4.78, 5) is 17.6. The molecule has 0 aliphatic rings. The third-order valence-corrected chi connectivity index (χ3v) is 2.45. The first-order chi connectivity index (χ1) is 8.84. The number of anilines is 1. The van der Waals surface area contributed by atoms with E-state index in [0.717, 1.165) is 6.54 Å². The van der Waals surface area contributed by atoms with Crippen LogP contribution in [0.3, 0.4) is 0 Å². The Morgan fingerprint density at radius 1 is 1.53 bits per heavy atom. The first kappa shape index (κ1) is 15.5. The number of rotatable bonds is 7. The lowest BCUT2D eigenvalue weighted by molar-refractivity contribution is 0.0519. The number of esters is 1. The fourth-order valence-electron chi connectivity index (χ4n) is 1.88. The molecule has 0 atom stereocenters. The minimum Gasteiger partial charge on any atom is -0.461 e. The number of nitrogens with zero attached hydrogens (tertiary/aromatic N) is 2. The van der Waals surface area contributed by atoms with Gasteiger partial charge in [0.25, 0.3) is 6.01 Å². The molecule has 1 rings (SSSR count). The van der Waals surface area contributed by atoms with Crippen LogP contribution in [0.25, 0.3) is 0 Å². The smallest absolute Gasteiger partial charge is 0.360 e. The molecule has 19 heavy (non-hydrogen) atoms. The fourth-order valence-corrected chi connectivity index (χ4v) is 1.88. The van der Waals surface area contributed by atoms with Crippen LogP contribution in [0.2, 0.25) is 0 Å². The lowest BCUT2D eigenvalue weighted by Crippen LogP contribution is -2.34. The summed E-state index contributed by atoms with van der Waals surface area (Å²) in [6.07, 6.45) is 1.30. The summed E-state index contributed by atoms with van der Waals surface area (Å²) >= 11 is 0. The number of carbonyl (C=O) groups excluding carboxylic acids is 1. The van der Waals surface area contributed by atoms with Crippen molar-refractivity contribution in [2.24, 2.45) is 5.41 Å². The lowest BCUT2D eigenvalue weighted by atomic mass is 9.93. The monoisotopic (exact) mass is 269 g/mol. The predicted octanol–water partition coefficient (Wildman–Crippen LogP) is 1.85. The number of ether oxygens (including phenoxy) is 1. The molecule has 1 N–H and O–H groups in total. The van der Waals surface area contributed by atoms with Crippen LogP contribution in [0.4, 0.5) is 6.01 Å². The molecule has 1 heterocycles. The Morgan fingerprint density at radius 3 is 2.79 bits per heavy atom. The number of carbonyl (C=O) groups is 1. The minimum atomic E-state index is -0.466. The molecule has 1 aromatic heterocycles. The van der Waals surface area contributed by atoms with Crippen molar-refractivity contribution in [2.45, 2.75) is 20.8 Å². The van der Waals surface area contributed by atoms with Gasteiger partial charge >= 0.3 is 5.97 Å². The van der Waals surface area contributed by atoms with Gasteiger partial charge in [0.15, 0.2) is 5.69 Å². The van der Waals surface area contributed by atoms with E-state index in [1.165, 1.54) is 6.26 Å². The van der Waals surface area contributed by atoms with Gasteiger partial charge in [0.05, 0.1) is 6.61 Å². The van der Waals surface area contributed by atoms with E-state index in [1.54, 1.807) is 6.92 Å². The predicted molar refractivity (Wildman–Crippen MR) is 73.3 cm³/mol. The molecule has 0 spiro atoms. The van der Waals surface area contributed by atoms with Crippen molar-refractivity contribution in [3.05, 3.63) is 12.0 Å². The number of hydrogen-bond acceptors (Lipinski definition) is 6. The highest BCUT2D eigenvalue weighted by molar-refractivity contribution is 5.87. The zero-order valence-electron chi connectivity index (χ0n) is 12.3. The van der Waals surface area contributed by atoms with Crippen LogP contribution in [0.1, 0.15) is 31.3 Å². The average molecular weight is 269 g/mol. The molecule has 0 unspecified atom stereocenters. The van der Waals surface area contributed by atoms with Crippen LogP contribution >= 0.6 is 0 Å². The first-order valence-electron chi connectivity index (χ1n) is 6.35. The summed E-state index contributed by atoms with van der Waals surface area (Å²) < 4.78 is 10.0. The number of nitrogens with one attached hydrogen (secondary N) is 1. The molecule has 0 aliphatic carbocycles. The van der Waals surface area contributed by atoms with Crippen LogP contribution in [-0.4, -0.2) is 49.6 Å². The van der Waals surface area contributed by atoms with E-state index in [1.807, 2.05) is 14.1 Å². The van der Waals surface area contributed by atoms with Gasteiger partial charge in [-0.3, -0.25) is 0 Å². The Balaban J connectivity index is 2.52. The average Bonchev–Trinajstić information content (AvgIpc) is 2.74. The number of oxazole rings is 1.